The zero-order chi connectivity index (χ0) is 22.8. The standard InChI is InChI=1S/C24H20N4O4S/c29-23(26-21-7-3-6-19(14-21)24-27-25-16-32-24)18-8-10-22(11-9-18)33(30,31)28-13-12-17-4-1-2-5-20(17)15-28/h1-11,14,16H,12-13,15H2,(H,26,29). The predicted molar refractivity (Wildman–Crippen MR) is 122 cm³/mol. The minimum absolute atomic E-state index is 0.164. The SMILES string of the molecule is O=C(Nc1cccc(-c2nnco2)c1)c1ccc(S(=O)(=O)N2CCc3ccccc3C2)cc1. The fourth-order valence-corrected chi connectivity index (χ4v) is 5.25. The van der Waals surface area contributed by atoms with E-state index in [1.54, 1.807) is 24.3 Å². The Labute approximate surface area is 190 Å². The average Bonchev–Trinajstić information content (AvgIpc) is 3.39. The summed E-state index contributed by atoms with van der Waals surface area (Å²) in [5, 5.41) is 10.3. The summed E-state index contributed by atoms with van der Waals surface area (Å²) in [5.74, 6) is -0.00507. The number of hydrogen-bond acceptors (Lipinski definition) is 6. The Balaban J connectivity index is 1.30. The normalized spacial score (nSPS) is 13.9. The molecule has 0 saturated carbocycles. The first-order valence-electron chi connectivity index (χ1n) is 10.4. The lowest BCUT2D eigenvalue weighted by atomic mass is 10.0. The van der Waals surface area contributed by atoms with Crippen LogP contribution in [0.5, 0.6) is 0 Å². The van der Waals surface area contributed by atoms with Gasteiger partial charge in [0.2, 0.25) is 22.3 Å². The predicted octanol–water partition coefficient (Wildman–Crippen LogP) is 3.74. The van der Waals surface area contributed by atoms with Crippen molar-refractivity contribution in [3.05, 3.63) is 95.9 Å². The number of fused-ring (bicyclic) bond motifs is 1. The van der Waals surface area contributed by atoms with Crippen LogP contribution in [-0.4, -0.2) is 35.4 Å². The number of hydrogen-bond donors (Lipinski definition) is 1. The molecule has 3 aromatic carbocycles. The van der Waals surface area contributed by atoms with Crippen molar-refractivity contribution in [3.63, 3.8) is 0 Å². The van der Waals surface area contributed by atoms with E-state index < -0.39 is 10.0 Å². The van der Waals surface area contributed by atoms with Crippen LogP contribution in [0, 0.1) is 0 Å². The Morgan fingerprint density at radius 3 is 2.52 bits per heavy atom. The molecule has 0 radical (unpaired) electrons. The van der Waals surface area contributed by atoms with E-state index in [-0.39, 0.29) is 10.8 Å². The Morgan fingerprint density at radius 1 is 0.970 bits per heavy atom. The van der Waals surface area contributed by atoms with Gasteiger partial charge in [-0.2, -0.15) is 4.31 Å². The molecule has 166 valence electrons. The molecule has 0 fully saturated rings. The Kier molecular flexibility index (Phi) is 5.49. The Bertz CT molecular complexity index is 1400. The van der Waals surface area contributed by atoms with Crippen molar-refractivity contribution in [2.75, 3.05) is 11.9 Å². The highest BCUT2D eigenvalue weighted by atomic mass is 32.2. The van der Waals surface area contributed by atoms with Crippen molar-refractivity contribution >= 4 is 21.6 Å². The molecule has 2 heterocycles. The quantitative estimate of drug-likeness (QED) is 0.486. The van der Waals surface area contributed by atoms with Gasteiger partial charge in [0.05, 0.1) is 4.90 Å². The number of carbonyl (C=O) groups excluding carboxylic acids is 1. The van der Waals surface area contributed by atoms with E-state index in [0.29, 0.717) is 42.2 Å². The van der Waals surface area contributed by atoms with E-state index in [0.717, 1.165) is 5.56 Å². The molecule has 9 heteroatoms. The number of nitrogens with one attached hydrogen (secondary N) is 1. The summed E-state index contributed by atoms with van der Waals surface area (Å²) in [6.45, 7) is 0.773. The van der Waals surface area contributed by atoms with Gasteiger partial charge in [0, 0.05) is 29.9 Å². The largest absolute Gasteiger partial charge is 0.423 e. The highest BCUT2D eigenvalue weighted by Crippen LogP contribution is 2.25. The van der Waals surface area contributed by atoms with Crippen molar-refractivity contribution in [1.82, 2.24) is 14.5 Å². The molecule has 1 amide bonds. The van der Waals surface area contributed by atoms with Crippen LogP contribution in [0.4, 0.5) is 5.69 Å². The van der Waals surface area contributed by atoms with Crippen LogP contribution in [0.15, 0.2) is 88.5 Å². The van der Waals surface area contributed by atoms with Gasteiger partial charge in [-0.3, -0.25) is 4.79 Å². The number of amides is 1. The lowest BCUT2D eigenvalue weighted by Gasteiger charge is -2.28. The second-order valence-electron chi connectivity index (χ2n) is 7.66. The van der Waals surface area contributed by atoms with Crippen molar-refractivity contribution in [1.29, 1.82) is 0 Å². The first-order valence-corrected chi connectivity index (χ1v) is 11.8. The summed E-state index contributed by atoms with van der Waals surface area (Å²) >= 11 is 0. The molecule has 1 aliphatic heterocycles. The van der Waals surface area contributed by atoms with Crippen molar-refractivity contribution < 1.29 is 17.6 Å². The molecule has 0 unspecified atom stereocenters. The minimum atomic E-state index is -3.66. The fourth-order valence-electron chi connectivity index (χ4n) is 3.83. The molecule has 1 aromatic heterocycles. The minimum Gasteiger partial charge on any atom is -0.423 e. The number of sulfonamides is 1. The lowest BCUT2D eigenvalue weighted by molar-refractivity contribution is 0.102. The highest BCUT2D eigenvalue weighted by molar-refractivity contribution is 7.89. The van der Waals surface area contributed by atoms with Crippen molar-refractivity contribution in [2.45, 2.75) is 17.9 Å². The first kappa shape index (κ1) is 21.0. The highest BCUT2D eigenvalue weighted by Gasteiger charge is 2.28. The van der Waals surface area contributed by atoms with E-state index >= 15 is 0 Å². The number of rotatable bonds is 5. The van der Waals surface area contributed by atoms with Crippen LogP contribution in [0.25, 0.3) is 11.5 Å². The summed E-state index contributed by atoms with van der Waals surface area (Å²) in [4.78, 5) is 12.9. The maximum absolute atomic E-state index is 13.1. The molecule has 8 nitrogen and oxygen atoms in total. The van der Waals surface area contributed by atoms with Crippen LogP contribution in [0.1, 0.15) is 21.5 Å². The van der Waals surface area contributed by atoms with Crippen LogP contribution >= 0.6 is 0 Å². The van der Waals surface area contributed by atoms with Crippen LogP contribution in [0.3, 0.4) is 0 Å². The smallest absolute Gasteiger partial charge is 0.255 e. The van der Waals surface area contributed by atoms with Gasteiger partial charge in [0.15, 0.2) is 0 Å². The molecular weight excluding hydrogens is 440 g/mol. The maximum Gasteiger partial charge on any atom is 0.255 e. The zero-order valence-corrected chi connectivity index (χ0v) is 18.3. The van der Waals surface area contributed by atoms with E-state index in [4.69, 9.17) is 4.42 Å². The number of nitrogens with zero attached hydrogens (tertiary/aromatic N) is 3. The maximum atomic E-state index is 13.1. The summed E-state index contributed by atoms with van der Waals surface area (Å²) in [6, 6.07) is 20.9. The first-order chi connectivity index (χ1) is 16.0. The summed E-state index contributed by atoms with van der Waals surface area (Å²) in [7, 11) is -3.66. The van der Waals surface area contributed by atoms with Crippen LogP contribution < -0.4 is 5.32 Å². The van der Waals surface area contributed by atoms with Crippen LogP contribution in [-0.2, 0) is 23.0 Å². The number of carbonyl (C=O) groups is 1. The van der Waals surface area contributed by atoms with Crippen molar-refractivity contribution in [2.24, 2.45) is 0 Å². The molecule has 1 N–H and O–H groups in total. The molecule has 4 aromatic rings. The van der Waals surface area contributed by atoms with Gasteiger partial charge in [-0.05, 0) is 60.0 Å². The van der Waals surface area contributed by atoms with Gasteiger partial charge >= 0.3 is 0 Å². The van der Waals surface area contributed by atoms with Gasteiger partial charge in [0.25, 0.3) is 5.91 Å². The van der Waals surface area contributed by atoms with Gasteiger partial charge in [0.1, 0.15) is 0 Å². The average molecular weight is 461 g/mol. The zero-order valence-electron chi connectivity index (χ0n) is 17.5. The topological polar surface area (TPSA) is 105 Å². The molecule has 5 rings (SSSR count). The second kappa shape index (κ2) is 8.61. The molecule has 0 atom stereocenters. The summed E-state index contributed by atoms with van der Waals surface area (Å²) in [5.41, 5.74) is 3.78. The molecule has 33 heavy (non-hydrogen) atoms. The van der Waals surface area contributed by atoms with E-state index in [9.17, 15) is 13.2 Å². The second-order valence-corrected chi connectivity index (χ2v) is 9.60. The molecule has 0 aliphatic carbocycles. The molecule has 0 bridgehead atoms. The fraction of sp³-hybridized carbons (Fsp3) is 0.125. The lowest BCUT2D eigenvalue weighted by Crippen LogP contribution is -2.35. The molecule has 1 aliphatic rings. The molecular formula is C24H20N4O4S. The third kappa shape index (κ3) is 4.28. The Hall–Kier alpha value is -3.82. The van der Waals surface area contributed by atoms with E-state index in [1.165, 1.54) is 40.5 Å². The molecule has 0 spiro atoms. The monoisotopic (exact) mass is 460 g/mol. The van der Waals surface area contributed by atoms with Gasteiger partial charge in [-0.1, -0.05) is 30.3 Å². The number of benzene rings is 3. The third-order valence-corrected chi connectivity index (χ3v) is 7.44. The van der Waals surface area contributed by atoms with E-state index in [1.807, 2.05) is 24.3 Å². The van der Waals surface area contributed by atoms with Gasteiger partial charge in [-0.15, -0.1) is 10.2 Å². The van der Waals surface area contributed by atoms with Crippen LogP contribution in [0.2, 0.25) is 0 Å². The number of aromatic nitrogens is 2. The molecule has 0 saturated heterocycles. The van der Waals surface area contributed by atoms with Gasteiger partial charge in [-0.25, -0.2) is 8.42 Å². The number of anilines is 1. The summed E-state index contributed by atoms with van der Waals surface area (Å²) < 4.78 is 32.9. The van der Waals surface area contributed by atoms with E-state index in [2.05, 4.69) is 15.5 Å². The Morgan fingerprint density at radius 2 is 1.76 bits per heavy atom. The van der Waals surface area contributed by atoms with Gasteiger partial charge < -0.3 is 9.73 Å². The van der Waals surface area contributed by atoms with Crippen molar-refractivity contribution in [3.8, 4) is 11.5 Å². The third-order valence-electron chi connectivity index (χ3n) is 5.58. The summed E-state index contributed by atoms with van der Waals surface area (Å²) in [6.07, 6.45) is 1.91.